The zero-order valence-corrected chi connectivity index (χ0v) is 31.5. The van der Waals surface area contributed by atoms with E-state index in [1.807, 2.05) is 0 Å². The molecule has 0 saturated carbocycles. The second-order valence-electron chi connectivity index (χ2n) is 16.4. The molecule has 266 valence electrons. The minimum atomic E-state index is 0.139. The third-order valence-electron chi connectivity index (χ3n) is 13.6. The first-order chi connectivity index (χ1) is 28.8. The summed E-state index contributed by atoms with van der Waals surface area (Å²) in [7, 11) is 0. The number of benzene rings is 9. The molecule has 3 heteroatoms. The van der Waals surface area contributed by atoms with Gasteiger partial charge in [-0.2, -0.15) is 0 Å². The largest absolute Gasteiger partial charge is 0.310 e. The molecule has 11 aromatic rings. The van der Waals surface area contributed by atoms with Gasteiger partial charge in [-0.1, -0.05) is 157 Å². The third-order valence-corrected chi connectivity index (χ3v) is 13.6. The molecule has 0 amide bonds. The van der Waals surface area contributed by atoms with Crippen LogP contribution in [-0.4, -0.2) is 15.8 Å². The minimum Gasteiger partial charge on any atom is -0.310 e. The summed E-state index contributed by atoms with van der Waals surface area (Å²) < 4.78 is 5.15. The number of fused-ring (bicyclic) bond motifs is 13. The van der Waals surface area contributed by atoms with Gasteiger partial charge in [0.1, 0.15) is 0 Å². The van der Waals surface area contributed by atoms with Crippen molar-refractivity contribution in [1.82, 2.24) is 9.13 Å². The summed E-state index contributed by atoms with van der Waals surface area (Å²) in [6.45, 7) is 0.139. The summed E-state index contributed by atoms with van der Waals surface area (Å²) in [5, 5.41) is 5.15. The summed E-state index contributed by atoms with van der Waals surface area (Å²) in [5.41, 5.74) is 23.8. The van der Waals surface area contributed by atoms with Gasteiger partial charge in [0, 0.05) is 44.4 Å². The Hall–Kier alpha value is -7.36. The molecule has 9 aromatic carbocycles. The van der Waals surface area contributed by atoms with Crippen LogP contribution in [0, 0.1) is 0 Å². The number of hydrogen-bond acceptors (Lipinski definition) is 0. The van der Waals surface area contributed by atoms with Crippen LogP contribution in [-0.2, 0) is 0 Å². The van der Waals surface area contributed by atoms with Crippen molar-refractivity contribution in [1.29, 1.82) is 0 Å². The molecule has 0 spiro atoms. The summed E-state index contributed by atoms with van der Waals surface area (Å²) in [6.07, 6.45) is 0. The maximum absolute atomic E-state index is 2.60. The summed E-state index contributed by atoms with van der Waals surface area (Å²) >= 11 is 0. The number of aromatic nitrogens is 2. The highest BCUT2D eigenvalue weighted by molar-refractivity contribution is 6.99. The number of para-hydroxylation sites is 2. The van der Waals surface area contributed by atoms with Crippen molar-refractivity contribution >= 4 is 66.7 Å². The Kier molecular flexibility index (Phi) is 5.92. The molecular weight excluding hydrogens is 699 g/mol. The van der Waals surface area contributed by atoms with Gasteiger partial charge in [0.05, 0.1) is 16.6 Å². The summed E-state index contributed by atoms with van der Waals surface area (Å²) in [6, 6.07) is 73.0. The first-order valence-corrected chi connectivity index (χ1v) is 20.4. The van der Waals surface area contributed by atoms with Crippen molar-refractivity contribution < 1.29 is 0 Å². The van der Waals surface area contributed by atoms with Crippen LogP contribution in [0.5, 0.6) is 0 Å². The third kappa shape index (κ3) is 3.88. The molecule has 4 heterocycles. The van der Waals surface area contributed by atoms with Crippen molar-refractivity contribution in [3.8, 4) is 44.8 Å². The van der Waals surface area contributed by atoms with E-state index >= 15 is 0 Å². The van der Waals surface area contributed by atoms with Gasteiger partial charge >= 0.3 is 0 Å². The number of hydrogen-bond donors (Lipinski definition) is 0. The molecule has 1 aliphatic carbocycles. The average Bonchev–Trinajstić information content (AvgIpc) is 3.93. The maximum atomic E-state index is 2.60. The van der Waals surface area contributed by atoms with E-state index in [9.17, 15) is 0 Å². The molecule has 0 bridgehead atoms. The van der Waals surface area contributed by atoms with E-state index in [0.29, 0.717) is 0 Å². The molecule has 0 N–H and O–H groups in total. The molecule has 1 unspecified atom stereocenters. The lowest BCUT2D eigenvalue weighted by Gasteiger charge is -2.37. The second-order valence-corrected chi connectivity index (χ2v) is 16.4. The van der Waals surface area contributed by atoms with E-state index in [0.717, 1.165) is 0 Å². The first-order valence-electron chi connectivity index (χ1n) is 20.4. The Morgan fingerprint density at radius 1 is 0.379 bits per heavy atom. The molecule has 2 aliphatic heterocycles. The molecule has 0 fully saturated rings. The van der Waals surface area contributed by atoms with Gasteiger partial charge in [-0.3, -0.25) is 0 Å². The van der Waals surface area contributed by atoms with Crippen LogP contribution < -0.4 is 16.4 Å². The van der Waals surface area contributed by atoms with Gasteiger partial charge in [0.15, 0.2) is 0 Å². The molecule has 3 aliphatic rings. The highest BCUT2D eigenvalue weighted by Crippen LogP contribution is 2.50. The Morgan fingerprint density at radius 3 is 1.74 bits per heavy atom. The SMILES string of the molecule is c1ccc(-c2ccc3c(c2)c2cc(-c4ccccc4)ccc2n3-c2cc3c4c(c2)-n2c5ccccc5c5cccc(c52)B4c2cccc4c2C3c2ccccc2-4)cc1. The van der Waals surface area contributed by atoms with E-state index in [1.54, 1.807) is 0 Å². The van der Waals surface area contributed by atoms with Crippen LogP contribution in [0.3, 0.4) is 0 Å². The van der Waals surface area contributed by atoms with Crippen molar-refractivity contribution in [2.75, 3.05) is 0 Å². The monoisotopic (exact) mass is 732 g/mol. The van der Waals surface area contributed by atoms with Crippen LogP contribution in [0.1, 0.15) is 22.6 Å². The van der Waals surface area contributed by atoms with Crippen molar-refractivity contribution in [3.05, 3.63) is 211 Å². The van der Waals surface area contributed by atoms with Crippen LogP contribution in [0.25, 0.3) is 88.4 Å². The topological polar surface area (TPSA) is 9.86 Å². The normalized spacial score (nSPS) is 14.3. The predicted molar refractivity (Wildman–Crippen MR) is 243 cm³/mol. The van der Waals surface area contributed by atoms with E-state index in [2.05, 4.69) is 203 Å². The molecule has 14 rings (SSSR count). The summed E-state index contributed by atoms with van der Waals surface area (Å²) in [5.74, 6) is 0.150. The van der Waals surface area contributed by atoms with E-state index in [4.69, 9.17) is 0 Å². The minimum absolute atomic E-state index is 0.139. The van der Waals surface area contributed by atoms with Crippen LogP contribution >= 0.6 is 0 Å². The molecule has 2 nitrogen and oxygen atoms in total. The van der Waals surface area contributed by atoms with E-state index < -0.39 is 0 Å². The quantitative estimate of drug-likeness (QED) is 0.160. The fraction of sp³-hybridized carbons (Fsp3) is 0.0182. The zero-order chi connectivity index (χ0) is 37.6. The first kappa shape index (κ1) is 30.8. The zero-order valence-electron chi connectivity index (χ0n) is 31.5. The lowest BCUT2D eigenvalue weighted by molar-refractivity contribution is 1.01. The van der Waals surface area contributed by atoms with Gasteiger partial charge in [0.2, 0.25) is 6.71 Å². The Morgan fingerprint density at radius 2 is 0.983 bits per heavy atom. The fourth-order valence-corrected chi connectivity index (χ4v) is 11.3. The lowest BCUT2D eigenvalue weighted by Crippen LogP contribution is -2.60. The summed E-state index contributed by atoms with van der Waals surface area (Å²) in [4.78, 5) is 0. The van der Waals surface area contributed by atoms with E-state index in [-0.39, 0.29) is 12.6 Å². The number of nitrogens with zero attached hydrogens (tertiary/aromatic N) is 2. The molecular formula is C55H33BN2. The second kappa shape index (κ2) is 11.2. The highest BCUT2D eigenvalue weighted by atomic mass is 15.0. The fourth-order valence-electron chi connectivity index (χ4n) is 11.3. The van der Waals surface area contributed by atoms with Gasteiger partial charge in [-0.15, -0.1) is 0 Å². The highest BCUT2D eigenvalue weighted by Gasteiger charge is 2.46. The van der Waals surface area contributed by atoms with Gasteiger partial charge < -0.3 is 9.13 Å². The standard InChI is InChI=1S/C55H33BN2/c1-3-13-33(14-4-1)35-25-27-49-43(29-35)44-30-36(34-15-5-2-6-16-34)26-28-50(44)57(49)37-31-45-52-40-19-8-7-17-38(40)41-20-11-22-46(53(41)52)56-47-23-12-21-42-39-18-9-10-24-48(39)58(55(42)47)51(32-37)54(45)56/h1-32,52H. The Balaban J connectivity index is 1.13. The van der Waals surface area contributed by atoms with Gasteiger partial charge in [-0.25, -0.2) is 0 Å². The average molecular weight is 733 g/mol. The maximum Gasteiger partial charge on any atom is 0.247 e. The predicted octanol–water partition coefficient (Wildman–Crippen LogP) is 11.5. The van der Waals surface area contributed by atoms with Crippen molar-refractivity contribution in [3.63, 3.8) is 0 Å². The molecule has 0 saturated heterocycles. The number of rotatable bonds is 3. The van der Waals surface area contributed by atoms with Gasteiger partial charge in [-0.05, 0) is 103 Å². The smallest absolute Gasteiger partial charge is 0.247 e. The van der Waals surface area contributed by atoms with E-state index in [1.165, 1.54) is 121 Å². The van der Waals surface area contributed by atoms with Crippen LogP contribution in [0.4, 0.5) is 0 Å². The van der Waals surface area contributed by atoms with Crippen LogP contribution in [0.15, 0.2) is 194 Å². The van der Waals surface area contributed by atoms with Crippen LogP contribution in [0.2, 0.25) is 0 Å². The van der Waals surface area contributed by atoms with Crippen molar-refractivity contribution in [2.24, 2.45) is 0 Å². The Bertz CT molecular complexity index is 3480. The molecule has 2 aromatic heterocycles. The molecule has 1 atom stereocenters. The molecule has 0 radical (unpaired) electrons. The Labute approximate surface area is 336 Å². The lowest BCUT2D eigenvalue weighted by atomic mass is 9.31. The van der Waals surface area contributed by atoms with Crippen molar-refractivity contribution in [2.45, 2.75) is 5.92 Å². The molecule has 58 heavy (non-hydrogen) atoms. The van der Waals surface area contributed by atoms with Gasteiger partial charge in [0.25, 0.3) is 0 Å².